The van der Waals surface area contributed by atoms with E-state index in [0.29, 0.717) is 6.61 Å². The Labute approximate surface area is 195 Å². The van der Waals surface area contributed by atoms with Gasteiger partial charge in [-0.2, -0.15) is 0 Å². The first-order valence-corrected chi connectivity index (χ1v) is 15.9. The monoisotopic (exact) mass is 459 g/mol. The van der Waals surface area contributed by atoms with E-state index < -0.39 is 14.2 Å². The Morgan fingerprint density at radius 1 is 1.16 bits per heavy atom. The van der Waals surface area contributed by atoms with Crippen molar-refractivity contribution in [3.05, 3.63) is 47.7 Å². The molecule has 0 unspecified atom stereocenters. The maximum Gasteiger partial charge on any atom is 0.333 e. The van der Waals surface area contributed by atoms with Crippen LogP contribution in [0, 0.1) is 0 Å². The van der Waals surface area contributed by atoms with E-state index in [1.807, 2.05) is 37.4 Å². The zero-order valence-corrected chi connectivity index (χ0v) is 21.7. The molecule has 6 heteroatoms. The maximum atomic E-state index is 12.8. The third-order valence-electron chi connectivity index (χ3n) is 7.15. The van der Waals surface area contributed by atoms with E-state index in [4.69, 9.17) is 14.2 Å². The number of hydrogen-bond donors (Lipinski definition) is 0. The highest BCUT2D eigenvalue weighted by atomic mass is 28.3. The third-order valence-corrected chi connectivity index (χ3v) is 8.85. The van der Waals surface area contributed by atoms with Gasteiger partial charge in [-0.25, -0.2) is 4.79 Å². The first kappa shape index (κ1) is 25.0. The lowest BCUT2D eigenvalue weighted by Gasteiger charge is -2.45. The van der Waals surface area contributed by atoms with Crippen LogP contribution in [0.25, 0.3) is 0 Å². The normalized spacial score (nSPS) is 24.4. The lowest BCUT2D eigenvalue weighted by Crippen LogP contribution is -2.52. The number of benzene rings is 1. The molecule has 0 radical (unpaired) electrons. The Hall–Kier alpha value is -1.63. The Kier molecular flexibility index (Phi) is 8.23. The Balaban J connectivity index is 1.97. The van der Waals surface area contributed by atoms with Gasteiger partial charge in [0, 0.05) is 34.4 Å². The van der Waals surface area contributed by atoms with E-state index >= 15 is 0 Å². The average molecular weight is 460 g/mol. The van der Waals surface area contributed by atoms with Gasteiger partial charge in [0.1, 0.15) is 6.10 Å². The summed E-state index contributed by atoms with van der Waals surface area (Å²) in [5, 5.41) is 0. The zero-order chi connectivity index (χ0) is 23.4. The second-order valence-corrected chi connectivity index (χ2v) is 15.9. The van der Waals surface area contributed by atoms with Gasteiger partial charge in [-0.3, -0.25) is 0 Å². The smallest absolute Gasteiger partial charge is 0.333 e. The highest BCUT2D eigenvalue weighted by Crippen LogP contribution is 2.41. The molecule has 2 aliphatic rings. The number of rotatable bonds is 10. The molecule has 3 atom stereocenters. The molecule has 178 valence electrons. The molecule has 2 aliphatic heterocycles. The van der Waals surface area contributed by atoms with E-state index in [1.165, 1.54) is 0 Å². The van der Waals surface area contributed by atoms with Crippen LogP contribution in [-0.2, 0) is 19.0 Å². The highest BCUT2D eigenvalue weighted by Gasteiger charge is 2.47. The summed E-state index contributed by atoms with van der Waals surface area (Å²) < 4.78 is 18.6. The van der Waals surface area contributed by atoms with Crippen LogP contribution in [0.3, 0.4) is 0 Å². The molecule has 1 aromatic rings. The van der Waals surface area contributed by atoms with Crippen molar-refractivity contribution in [3.8, 4) is 0 Å². The maximum absolute atomic E-state index is 12.8. The van der Waals surface area contributed by atoms with Gasteiger partial charge in [-0.05, 0) is 37.3 Å². The number of cyclic esters (lactones) is 1. The number of hydrogen-bond acceptors (Lipinski definition) is 5. The van der Waals surface area contributed by atoms with Crippen molar-refractivity contribution in [1.29, 1.82) is 0 Å². The van der Waals surface area contributed by atoms with E-state index in [1.54, 1.807) is 6.08 Å². The van der Waals surface area contributed by atoms with Crippen LogP contribution >= 0.6 is 0 Å². The van der Waals surface area contributed by atoms with Crippen molar-refractivity contribution < 1.29 is 19.0 Å². The number of ether oxygens (including phenoxy) is 3. The molecule has 1 fully saturated rings. The minimum absolute atomic E-state index is 0.221. The molecule has 0 saturated carbocycles. The van der Waals surface area contributed by atoms with Crippen molar-refractivity contribution in [2.75, 3.05) is 20.3 Å². The Bertz CT molecular complexity index is 777. The zero-order valence-electron chi connectivity index (χ0n) is 20.7. The van der Waals surface area contributed by atoms with Crippen LogP contribution in [0.2, 0.25) is 25.7 Å². The molecule has 0 spiro atoms. The standard InChI is InChI=1S/C26H41NO4Si/c1-7-26(8-2,29-3)22-15-12-16-27(22)21-19-23(28)31-24(20-13-10-9-11-14-20)25(21)30-17-18-32(4,5)6/h9-11,13-14,19,22,24-25H,7-8,12,15-18H2,1-6H3/t22-,24+,25+/m0/s1. The molecule has 2 heterocycles. The molecule has 1 saturated heterocycles. The van der Waals surface area contributed by atoms with E-state index in [2.05, 4.69) is 38.4 Å². The molecule has 0 aromatic heterocycles. The number of carbonyl (C=O) groups excluding carboxylic acids is 1. The summed E-state index contributed by atoms with van der Waals surface area (Å²) in [4.78, 5) is 15.1. The fourth-order valence-corrected chi connectivity index (χ4v) is 5.87. The molecule has 3 rings (SSSR count). The van der Waals surface area contributed by atoms with E-state index in [-0.39, 0.29) is 23.7 Å². The minimum Gasteiger partial charge on any atom is -0.451 e. The Morgan fingerprint density at radius 3 is 2.44 bits per heavy atom. The molecule has 0 bridgehead atoms. The number of methoxy groups -OCH3 is 1. The first-order valence-electron chi connectivity index (χ1n) is 12.1. The number of nitrogens with zero attached hydrogens (tertiary/aromatic N) is 1. The van der Waals surface area contributed by atoms with Crippen LogP contribution in [0.15, 0.2) is 42.1 Å². The van der Waals surface area contributed by atoms with Crippen LogP contribution in [0.1, 0.15) is 51.2 Å². The molecule has 0 N–H and O–H groups in total. The third kappa shape index (κ3) is 5.46. The largest absolute Gasteiger partial charge is 0.451 e. The summed E-state index contributed by atoms with van der Waals surface area (Å²) in [7, 11) is 0.565. The van der Waals surface area contributed by atoms with Gasteiger partial charge in [0.2, 0.25) is 0 Å². The predicted molar refractivity (Wildman–Crippen MR) is 131 cm³/mol. The minimum atomic E-state index is -1.26. The molecule has 5 nitrogen and oxygen atoms in total. The lowest BCUT2D eigenvalue weighted by molar-refractivity contribution is -0.156. The van der Waals surface area contributed by atoms with Gasteiger partial charge >= 0.3 is 5.97 Å². The second kappa shape index (κ2) is 10.5. The average Bonchev–Trinajstić information content (AvgIpc) is 3.26. The molecule has 0 aliphatic carbocycles. The molecular weight excluding hydrogens is 418 g/mol. The summed E-state index contributed by atoms with van der Waals surface area (Å²) in [6, 6.07) is 11.3. The molecule has 1 aromatic carbocycles. The molecular formula is C26H41NO4Si. The summed E-state index contributed by atoms with van der Waals surface area (Å²) in [6.45, 7) is 13.0. The van der Waals surface area contributed by atoms with Crippen molar-refractivity contribution in [2.24, 2.45) is 0 Å². The van der Waals surface area contributed by atoms with Gasteiger partial charge in [-0.1, -0.05) is 63.8 Å². The van der Waals surface area contributed by atoms with Gasteiger partial charge in [-0.15, -0.1) is 0 Å². The quantitative estimate of drug-likeness (QED) is 0.338. The summed E-state index contributed by atoms with van der Waals surface area (Å²) >= 11 is 0. The van der Waals surface area contributed by atoms with Gasteiger partial charge in [0.15, 0.2) is 6.10 Å². The van der Waals surface area contributed by atoms with Gasteiger partial charge in [0.05, 0.1) is 17.3 Å². The lowest BCUT2D eigenvalue weighted by atomic mass is 9.85. The summed E-state index contributed by atoms with van der Waals surface area (Å²) in [5.74, 6) is -0.291. The molecule has 32 heavy (non-hydrogen) atoms. The summed E-state index contributed by atoms with van der Waals surface area (Å²) in [5.41, 5.74) is 1.70. The van der Waals surface area contributed by atoms with E-state index in [0.717, 1.165) is 49.5 Å². The highest BCUT2D eigenvalue weighted by molar-refractivity contribution is 6.76. The van der Waals surface area contributed by atoms with Gasteiger partial charge < -0.3 is 19.1 Å². The van der Waals surface area contributed by atoms with Crippen molar-refractivity contribution in [2.45, 2.75) is 89.1 Å². The van der Waals surface area contributed by atoms with Crippen LogP contribution < -0.4 is 0 Å². The van der Waals surface area contributed by atoms with Crippen molar-refractivity contribution >= 4 is 14.0 Å². The SMILES string of the molecule is CCC(CC)(OC)[C@@H]1CCCN1C1=CC(=O)O[C@H](c2ccccc2)[C@@H]1OCC[Si](C)(C)C. The fraction of sp³-hybridized carbons (Fsp3) is 0.654. The summed E-state index contributed by atoms with van der Waals surface area (Å²) in [6.07, 6.45) is 4.92. The van der Waals surface area contributed by atoms with Crippen LogP contribution in [-0.4, -0.2) is 57.0 Å². The first-order chi connectivity index (χ1) is 15.2. The Morgan fingerprint density at radius 2 is 1.84 bits per heavy atom. The van der Waals surface area contributed by atoms with Crippen molar-refractivity contribution in [1.82, 2.24) is 4.90 Å². The van der Waals surface area contributed by atoms with Gasteiger partial charge in [0.25, 0.3) is 0 Å². The number of esters is 1. The fourth-order valence-electron chi connectivity index (χ4n) is 5.14. The van der Waals surface area contributed by atoms with Crippen LogP contribution in [0.5, 0.6) is 0 Å². The van der Waals surface area contributed by atoms with E-state index in [9.17, 15) is 4.79 Å². The van der Waals surface area contributed by atoms with Crippen LogP contribution in [0.4, 0.5) is 0 Å². The topological polar surface area (TPSA) is 48.0 Å². The molecule has 0 amide bonds. The number of likely N-dealkylation sites (tertiary alicyclic amines) is 1. The number of carbonyl (C=O) groups is 1. The predicted octanol–water partition coefficient (Wildman–Crippen LogP) is 5.56. The van der Waals surface area contributed by atoms with Crippen molar-refractivity contribution in [3.63, 3.8) is 0 Å². The second-order valence-electron chi connectivity index (χ2n) is 10.3.